The second-order valence-electron chi connectivity index (χ2n) is 15.8. The predicted octanol–water partition coefficient (Wildman–Crippen LogP) is 6.61. The Kier molecular flexibility index (Phi) is 13.6. The van der Waals surface area contributed by atoms with Gasteiger partial charge >= 0.3 is 6.09 Å². The number of amides is 2. The fourth-order valence-corrected chi connectivity index (χ4v) is 7.53. The SMILES string of the molecule is CCCN1CCN(Cc2ccc(-c3cccc(Oc4ncc(F)cc4C(=O)NC4CCC(NC(=O)OC(C)(C)C)CC4)c3)c(CN3CCOCC3)c2)CC1. The van der Waals surface area contributed by atoms with Gasteiger partial charge in [-0.3, -0.25) is 14.6 Å². The zero-order valence-electron chi connectivity index (χ0n) is 32.4. The van der Waals surface area contributed by atoms with Gasteiger partial charge in [-0.15, -0.1) is 0 Å². The molecule has 2 N–H and O–H groups in total. The number of aromatic nitrogens is 1. The van der Waals surface area contributed by atoms with E-state index in [9.17, 15) is 14.0 Å². The molecule has 11 nitrogen and oxygen atoms in total. The van der Waals surface area contributed by atoms with Crippen molar-refractivity contribution in [2.45, 2.75) is 90.6 Å². The number of carbonyl (C=O) groups is 2. The molecule has 3 aromatic rings. The number of hydrogen-bond acceptors (Lipinski definition) is 9. The Morgan fingerprint density at radius 3 is 2.26 bits per heavy atom. The Hall–Kier alpha value is -4.10. The van der Waals surface area contributed by atoms with Crippen molar-refractivity contribution in [3.63, 3.8) is 0 Å². The Balaban J connectivity index is 1.14. The molecule has 1 saturated carbocycles. The highest BCUT2D eigenvalue weighted by Crippen LogP contribution is 2.32. The molecule has 0 unspecified atom stereocenters. The molecule has 0 bridgehead atoms. The lowest BCUT2D eigenvalue weighted by atomic mass is 9.91. The van der Waals surface area contributed by atoms with Gasteiger partial charge in [0.25, 0.3) is 5.91 Å². The van der Waals surface area contributed by atoms with Crippen LogP contribution < -0.4 is 15.4 Å². The normalized spacial score (nSPS) is 20.3. The van der Waals surface area contributed by atoms with Crippen molar-refractivity contribution in [1.82, 2.24) is 30.3 Å². The van der Waals surface area contributed by atoms with E-state index < -0.39 is 23.4 Å². The minimum atomic E-state index is -0.623. The first-order valence-electron chi connectivity index (χ1n) is 19.6. The number of rotatable bonds is 12. The number of ether oxygens (including phenoxy) is 3. The second-order valence-corrected chi connectivity index (χ2v) is 15.8. The molecular weight excluding hydrogens is 687 g/mol. The average Bonchev–Trinajstić information content (AvgIpc) is 3.14. The van der Waals surface area contributed by atoms with Gasteiger partial charge in [0.15, 0.2) is 0 Å². The molecule has 2 aliphatic heterocycles. The summed E-state index contributed by atoms with van der Waals surface area (Å²) in [5.74, 6) is -0.538. The summed E-state index contributed by atoms with van der Waals surface area (Å²) < 4.78 is 31.8. The number of hydrogen-bond donors (Lipinski definition) is 2. The fourth-order valence-electron chi connectivity index (χ4n) is 7.53. The quantitative estimate of drug-likeness (QED) is 0.212. The highest BCUT2D eigenvalue weighted by molar-refractivity contribution is 5.96. The van der Waals surface area contributed by atoms with Crippen LogP contribution in [0.1, 0.15) is 81.3 Å². The first-order chi connectivity index (χ1) is 26.0. The van der Waals surface area contributed by atoms with Crippen LogP contribution in [0, 0.1) is 5.82 Å². The van der Waals surface area contributed by atoms with E-state index in [-0.39, 0.29) is 23.5 Å². The summed E-state index contributed by atoms with van der Waals surface area (Å²) in [7, 11) is 0. The largest absolute Gasteiger partial charge is 0.444 e. The van der Waals surface area contributed by atoms with Gasteiger partial charge in [-0.05, 0) is 99.9 Å². The molecule has 2 amide bonds. The summed E-state index contributed by atoms with van der Waals surface area (Å²) in [6.07, 6.45) is 4.51. The predicted molar refractivity (Wildman–Crippen MR) is 207 cm³/mol. The van der Waals surface area contributed by atoms with Gasteiger partial charge in [-0.25, -0.2) is 14.2 Å². The van der Waals surface area contributed by atoms with Gasteiger partial charge in [0.1, 0.15) is 22.7 Å². The number of pyridine rings is 1. The van der Waals surface area contributed by atoms with Gasteiger partial charge in [0, 0.05) is 64.4 Å². The van der Waals surface area contributed by atoms with E-state index in [1.165, 1.54) is 30.2 Å². The zero-order valence-corrected chi connectivity index (χ0v) is 32.4. The van der Waals surface area contributed by atoms with Crippen molar-refractivity contribution < 1.29 is 28.2 Å². The summed E-state index contributed by atoms with van der Waals surface area (Å²) >= 11 is 0. The minimum absolute atomic E-state index is 0.0299. The molecule has 6 rings (SSSR count). The average molecular weight is 745 g/mol. The van der Waals surface area contributed by atoms with Crippen LogP contribution in [0.25, 0.3) is 11.1 Å². The van der Waals surface area contributed by atoms with Crippen molar-refractivity contribution in [3.8, 4) is 22.8 Å². The molecule has 2 saturated heterocycles. The molecule has 54 heavy (non-hydrogen) atoms. The van der Waals surface area contributed by atoms with Crippen LogP contribution in [0.15, 0.2) is 54.7 Å². The number of nitrogens with zero attached hydrogens (tertiary/aromatic N) is 4. The Morgan fingerprint density at radius 1 is 0.870 bits per heavy atom. The van der Waals surface area contributed by atoms with E-state index in [2.05, 4.69) is 61.5 Å². The monoisotopic (exact) mass is 744 g/mol. The summed E-state index contributed by atoms with van der Waals surface area (Å²) in [5, 5.41) is 5.96. The topological polar surface area (TPSA) is 109 Å². The van der Waals surface area contributed by atoms with Crippen LogP contribution in [0.3, 0.4) is 0 Å². The summed E-state index contributed by atoms with van der Waals surface area (Å²) in [5.41, 5.74) is 4.11. The van der Waals surface area contributed by atoms with Crippen LogP contribution in [-0.2, 0) is 22.6 Å². The van der Waals surface area contributed by atoms with Crippen LogP contribution in [0.2, 0.25) is 0 Å². The lowest BCUT2D eigenvalue weighted by Crippen LogP contribution is -2.46. The number of nitrogens with one attached hydrogen (secondary N) is 2. The van der Waals surface area contributed by atoms with Gasteiger partial charge < -0.3 is 29.7 Å². The molecular formula is C42H57FN6O5. The van der Waals surface area contributed by atoms with E-state index in [0.717, 1.165) is 82.9 Å². The molecule has 3 heterocycles. The summed E-state index contributed by atoms with van der Waals surface area (Å²) in [4.78, 5) is 37.5. The van der Waals surface area contributed by atoms with Gasteiger partial charge in [0.2, 0.25) is 5.88 Å². The molecule has 1 aromatic heterocycles. The molecule has 3 fully saturated rings. The lowest BCUT2D eigenvalue weighted by molar-refractivity contribution is 0.0342. The van der Waals surface area contributed by atoms with Crippen molar-refractivity contribution in [3.05, 3.63) is 77.2 Å². The van der Waals surface area contributed by atoms with Crippen LogP contribution in [0.4, 0.5) is 9.18 Å². The zero-order chi connectivity index (χ0) is 38.1. The van der Waals surface area contributed by atoms with E-state index in [1.54, 1.807) is 0 Å². The molecule has 2 aromatic carbocycles. The number of morpholine rings is 1. The van der Waals surface area contributed by atoms with Crippen LogP contribution in [-0.4, -0.2) is 108 Å². The highest BCUT2D eigenvalue weighted by atomic mass is 19.1. The molecule has 0 atom stereocenters. The summed E-state index contributed by atoms with van der Waals surface area (Å²) in [6, 6.07) is 15.6. The maximum absolute atomic E-state index is 14.5. The van der Waals surface area contributed by atoms with Crippen molar-refractivity contribution in [2.24, 2.45) is 0 Å². The highest BCUT2D eigenvalue weighted by Gasteiger charge is 2.27. The minimum Gasteiger partial charge on any atom is -0.444 e. The lowest BCUT2D eigenvalue weighted by Gasteiger charge is -2.34. The van der Waals surface area contributed by atoms with Gasteiger partial charge in [-0.1, -0.05) is 37.3 Å². The molecule has 292 valence electrons. The summed E-state index contributed by atoms with van der Waals surface area (Å²) in [6.45, 7) is 18.2. The fraction of sp³-hybridized carbons (Fsp3) is 0.548. The third-order valence-electron chi connectivity index (χ3n) is 10.3. The smallest absolute Gasteiger partial charge is 0.407 e. The molecule has 3 aliphatic rings. The number of carbonyl (C=O) groups excluding carboxylic acids is 2. The third kappa shape index (κ3) is 11.5. The number of halogens is 1. The number of piperazine rings is 1. The van der Waals surface area contributed by atoms with Crippen molar-refractivity contribution in [2.75, 3.05) is 59.0 Å². The van der Waals surface area contributed by atoms with E-state index >= 15 is 0 Å². The second kappa shape index (κ2) is 18.5. The molecule has 0 spiro atoms. The van der Waals surface area contributed by atoms with Crippen LogP contribution in [0.5, 0.6) is 11.6 Å². The molecule has 0 radical (unpaired) electrons. The number of benzene rings is 2. The van der Waals surface area contributed by atoms with Crippen molar-refractivity contribution in [1.29, 1.82) is 0 Å². The van der Waals surface area contributed by atoms with Crippen molar-refractivity contribution >= 4 is 12.0 Å². The van der Waals surface area contributed by atoms with E-state index in [1.807, 2.05) is 39.0 Å². The Labute approximate surface area is 319 Å². The Bertz CT molecular complexity index is 1710. The van der Waals surface area contributed by atoms with Gasteiger partial charge in [0.05, 0.1) is 19.4 Å². The molecule has 12 heteroatoms. The maximum atomic E-state index is 14.5. The number of alkyl carbamates (subject to hydrolysis) is 1. The van der Waals surface area contributed by atoms with Gasteiger partial charge in [-0.2, -0.15) is 0 Å². The standard InChI is InChI=1S/C42H57FN6O5/c1-5-15-47-16-18-48(19-17-47)28-30-9-14-37(32(24-30)29-49-20-22-52-23-21-49)31-7-6-8-36(25-31)53-40-38(26-33(43)27-44-40)39(50)45-34-10-12-35(13-11-34)46-41(51)54-42(2,3)4/h6-9,14,24-27,34-35H,5,10-13,15-23,28-29H2,1-4H3,(H,45,50)(H,46,51). The maximum Gasteiger partial charge on any atom is 0.407 e. The first kappa shape index (κ1) is 39.6. The van der Waals surface area contributed by atoms with E-state index in [0.29, 0.717) is 31.4 Å². The van der Waals surface area contributed by atoms with E-state index in [4.69, 9.17) is 14.2 Å². The Morgan fingerprint density at radius 2 is 1.56 bits per heavy atom. The third-order valence-corrected chi connectivity index (χ3v) is 10.3. The van der Waals surface area contributed by atoms with Crippen LogP contribution >= 0.6 is 0 Å². The first-order valence-corrected chi connectivity index (χ1v) is 19.6. The molecule has 1 aliphatic carbocycles.